The standard InChI is InChI=1S/C30H39NO9/c1-28-11-9-18(32)14-17(28)5-6-19-20-10-12-30(39,29(20,2)15-22(33)26(19)28)23(34)16-40-25(36)8-7-24(35)31-13-3-4-21(31)27(37)38/h9,11,14,19-22,26,33,39H,3-8,10,12-13,15-16H2,1-2H3,(H,37,38)/t19-,20+,21+,22+,26+,28-,29+,30-/m0/s1. The number of nitrogens with zero attached hydrogens (tertiary/aromatic N) is 1. The number of amides is 1. The lowest BCUT2D eigenvalue weighted by atomic mass is 9.46. The molecule has 0 aromatic rings. The van der Waals surface area contributed by atoms with Crippen molar-refractivity contribution in [1.82, 2.24) is 4.90 Å². The lowest BCUT2D eigenvalue weighted by Crippen LogP contribution is -2.61. The second-order valence-corrected chi connectivity index (χ2v) is 12.8. The van der Waals surface area contributed by atoms with Crippen LogP contribution in [0.5, 0.6) is 0 Å². The van der Waals surface area contributed by atoms with Crippen LogP contribution in [0.1, 0.15) is 71.6 Å². The van der Waals surface area contributed by atoms with Gasteiger partial charge in [0.05, 0.1) is 12.5 Å². The molecular formula is C30H39NO9. The number of carbonyl (C=O) groups excluding carboxylic acids is 4. The van der Waals surface area contributed by atoms with E-state index in [1.807, 2.05) is 13.0 Å². The average Bonchev–Trinajstić information content (AvgIpc) is 3.50. The molecule has 0 aromatic heterocycles. The van der Waals surface area contributed by atoms with Gasteiger partial charge in [0.1, 0.15) is 11.6 Å². The van der Waals surface area contributed by atoms with Crippen molar-refractivity contribution >= 4 is 29.4 Å². The first-order chi connectivity index (χ1) is 18.8. The van der Waals surface area contributed by atoms with Crippen molar-refractivity contribution in [2.75, 3.05) is 13.2 Å². The van der Waals surface area contributed by atoms with Crippen molar-refractivity contribution < 1.29 is 44.0 Å². The maximum atomic E-state index is 13.4. The fourth-order valence-electron chi connectivity index (χ4n) is 8.80. The van der Waals surface area contributed by atoms with Crippen LogP contribution in [-0.4, -0.2) is 80.5 Å². The number of carboxylic acids is 1. The smallest absolute Gasteiger partial charge is 0.326 e. The number of esters is 1. The summed E-state index contributed by atoms with van der Waals surface area (Å²) in [5, 5.41) is 32.5. The fourth-order valence-corrected chi connectivity index (χ4v) is 8.80. The van der Waals surface area contributed by atoms with Crippen LogP contribution in [0.15, 0.2) is 23.8 Å². The van der Waals surface area contributed by atoms with E-state index in [9.17, 15) is 39.3 Å². The summed E-state index contributed by atoms with van der Waals surface area (Å²) in [5.74, 6) is -3.02. The number of aliphatic hydroxyl groups excluding tert-OH is 1. The van der Waals surface area contributed by atoms with E-state index in [1.54, 1.807) is 12.2 Å². The third-order valence-corrected chi connectivity index (χ3v) is 10.9. The number of carboxylic acid groups (broad SMARTS) is 1. The van der Waals surface area contributed by atoms with Gasteiger partial charge >= 0.3 is 11.9 Å². The quantitative estimate of drug-likeness (QED) is 0.398. The Balaban J connectivity index is 1.22. The number of hydrogen-bond acceptors (Lipinski definition) is 8. The number of fused-ring (bicyclic) bond motifs is 5. The number of aliphatic carboxylic acids is 1. The van der Waals surface area contributed by atoms with Crippen molar-refractivity contribution in [2.45, 2.75) is 89.4 Å². The highest BCUT2D eigenvalue weighted by molar-refractivity contribution is 6.01. The molecule has 0 unspecified atom stereocenters. The van der Waals surface area contributed by atoms with Gasteiger partial charge in [-0.15, -0.1) is 0 Å². The third kappa shape index (κ3) is 4.43. The van der Waals surface area contributed by atoms with Crippen LogP contribution in [0.2, 0.25) is 0 Å². The van der Waals surface area contributed by atoms with Crippen LogP contribution in [-0.2, 0) is 28.7 Å². The van der Waals surface area contributed by atoms with Crippen molar-refractivity contribution in [3.63, 3.8) is 0 Å². The summed E-state index contributed by atoms with van der Waals surface area (Å²) in [5.41, 5.74) is -2.09. The van der Waals surface area contributed by atoms with E-state index in [1.165, 1.54) is 4.90 Å². The van der Waals surface area contributed by atoms with Crippen LogP contribution in [0.4, 0.5) is 0 Å². The van der Waals surface area contributed by atoms with Crippen LogP contribution < -0.4 is 0 Å². The van der Waals surface area contributed by atoms with Gasteiger partial charge in [0.25, 0.3) is 0 Å². The Kier molecular flexibility index (Phi) is 7.32. The second kappa shape index (κ2) is 10.2. The summed E-state index contributed by atoms with van der Waals surface area (Å²) in [6, 6.07) is -0.883. The first-order valence-corrected chi connectivity index (χ1v) is 14.4. The van der Waals surface area contributed by atoms with Crippen LogP contribution >= 0.6 is 0 Å². The zero-order valence-corrected chi connectivity index (χ0v) is 23.1. The van der Waals surface area contributed by atoms with Gasteiger partial charge in [-0.05, 0) is 68.9 Å². The monoisotopic (exact) mass is 557 g/mol. The minimum atomic E-state index is -1.76. The van der Waals surface area contributed by atoms with Crippen molar-refractivity contribution in [2.24, 2.45) is 28.6 Å². The van der Waals surface area contributed by atoms with Gasteiger partial charge in [-0.2, -0.15) is 0 Å². The van der Waals surface area contributed by atoms with Crippen LogP contribution in [0, 0.1) is 28.6 Å². The van der Waals surface area contributed by atoms with E-state index < -0.39 is 58.8 Å². The summed E-state index contributed by atoms with van der Waals surface area (Å²) in [7, 11) is 0. The van der Waals surface area contributed by atoms with Gasteiger partial charge in [0, 0.05) is 29.7 Å². The minimum Gasteiger partial charge on any atom is -0.480 e. The molecule has 10 nitrogen and oxygen atoms in total. The number of rotatable bonds is 7. The molecule has 5 aliphatic rings. The highest BCUT2D eigenvalue weighted by Gasteiger charge is 2.68. The van der Waals surface area contributed by atoms with Crippen molar-refractivity contribution in [1.29, 1.82) is 0 Å². The Morgan fingerprint density at radius 2 is 1.88 bits per heavy atom. The topological polar surface area (TPSA) is 159 Å². The molecule has 1 amide bonds. The molecule has 40 heavy (non-hydrogen) atoms. The fraction of sp³-hybridized carbons (Fsp3) is 0.700. The molecule has 4 aliphatic carbocycles. The molecule has 1 aliphatic heterocycles. The molecule has 0 spiro atoms. The Morgan fingerprint density at radius 3 is 2.60 bits per heavy atom. The summed E-state index contributed by atoms with van der Waals surface area (Å²) in [4.78, 5) is 62.8. The molecule has 0 radical (unpaired) electrons. The Bertz CT molecular complexity index is 1190. The number of allylic oxidation sites excluding steroid dienone is 4. The largest absolute Gasteiger partial charge is 0.480 e. The number of carbonyl (C=O) groups is 5. The van der Waals surface area contributed by atoms with Gasteiger partial charge in [0.15, 0.2) is 12.4 Å². The lowest BCUT2D eigenvalue weighted by molar-refractivity contribution is -0.181. The van der Waals surface area contributed by atoms with Gasteiger partial charge in [-0.25, -0.2) is 4.79 Å². The molecule has 10 heteroatoms. The Labute approximate surface area is 233 Å². The zero-order valence-electron chi connectivity index (χ0n) is 23.1. The normalized spacial score (nSPS) is 40.1. The summed E-state index contributed by atoms with van der Waals surface area (Å²) >= 11 is 0. The number of aliphatic hydroxyl groups is 2. The second-order valence-electron chi connectivity index (χ2n) is 12.8. The predicted octanol–water partition coefficient (Wildman–Crippen LogP) is 1.96. The number of ether oxygens (including phenoxy) is 1. The van der Waals surface area contributed by atoms with E-state index in [-0.39, 0.29) is 49.2 Å². The zero-order chi connectivity index (χ0) is 29.0. The van der Waals surface area contributed by atoms with Crippen LogP contribution in [0.3, 0.4) is 0 Å². The van der Waals surface area contributed by atoms with Crippen molar-refractivity contribution in [3.8, 4) is 0 Å². The molecule has 1 heterocycles. The van der Waals surface area contributed by atoms with E-state index in [0.29, 0.717) is 25.8 Å². The van der Waals surface area contributed by atoms with Gasteiger partial charge in [0.2, 0.25) is 11.7 Å². The van der Waals surface area contributed by atoms with Crippen LogP contribution in [0.25, 0.3) is 0 Å². The molecule has 1 saturated heterocycles. The van der Waals surface area contributed by atoms with E-state index in [4.69, 9.17) is 4.74 Å². The molecule has 218 valence electrons. The molecule has 5 rings (SSSR count). The highest BCUT2D eigenvalue weighted by atomic mass is 16.5. The van der Waals surface area contributed by atoms with E-state index in [2.05, 4.69) is 6.92 Å². The van der Waals surface area contributed by atoms with Gasteiger partial charge < -0.3 is 25.0 Å². The van der Waals surface area contributed by atoms with E-state index in [0.717, 1.165) is 18.4 Å². The third-order valence-electron chi connectivity index (χ3n) is 10.9. The minimum absolute atomic E-state index is 0.0183. The molecule has 3 saturated carbocycles. The Morgan fingerprint density at radius 1 is 1.12 bits per heavy atom. The summed E-state index contributed by atoms with van der Waals surface area (Å²) in [6.45, 7) is 3.61. The molecule has 8 atom stereocenters. The maximum absolute atomic E-state index is 13.4. The maximum Gasteiger partial charge on any atom is 0.326 e. The average molecular weight is 558 g/mol. The van der Waals surface area contributed by atoms with Gasteiger partial charge in [-0.1, -0.05) is 25.5 Å². The summed E-state index contributed by atoms with van der Waals surface area (Å²) < 4.78 is 5.18. The molecular weight excluding hydrogens is 518 g/mol. The number of ketones is 2. The summed E-state index contributed by atoms with van der Waals surface area (Å²) in [6.07, 6.45) is 7.34. The molecule has 3 N–H and O–H groups in total. The first kappa shape index (κ1) is 28.7. The molecule has 4 fully saturated rings. The van der Waals surface area contributed by atoms with Crippen molar-refractivity contribution in [3.05, 3.63) is 23.8 Å². The Hall–Kier alpha value is -2.85. The number of likely N-dealkylation sites (tertiary alicyclic amines) is 1. The molecule has 0 aromatic carbocycles. The predicted molar refractivity (Wildman–Crippen MR) is 141 cm³/mol. The van der Waals surface area contributed by atoms with E-state index >= 15 is 0 Å². The first-order valence-electron chi connectivity index (χ1n) is 14.4. The number of Topliss-reactive ketones (excluding diaryl/α,β-unsaturated/α-hetero) is 1. The molecule has 0 bridgehead atoms. The number of hydrogen-bond donors (Lipinski definition) is 3. The lowest BCUT2D eigenvalue weighted by Gasteiger charge is -2.59. The van der Waals surface area contributed by atoms with Gasteiger partial charge in [-0.3, -0.25) is 19.2 Å². The SMILES string of the molecule is C[C@]12C=CC(=O)C=C1CC[C@@H]1[C@@H]2[C@H](O)C[C@]2(C)[C@@H]1CC[C@]2(O)C(=O)COC(=O)CCC(=O)N1CCC[C@@H]1C(=O)O. The highest BCUT2D eigenvalue weighted by Crippen LogP contribution is 2.67.